The van der Waals surface area contributed by atoms with Crippen LogP contribution in [0.5, 0.6) is 0 Å². The van der Waals surface area contributed by atoms with Gasteiger partial charge in [-0.3, -0.25) is 4.79 Å². The molecule has 2 heterocycles. The van der Waals surface area contributed by atoms with E-state index in [0.717, 1.165) is 24.1 Å². The van der Waals surface area contributed by atoms with E-state index in [1.165, 1.54) is 0 Å². The van der Waals surface area contributed by atoms with Crippen LogP contribution in [0.2, 0.25) is 0 Å². The molecule has 1 aromatic carbocycles. The van der Waals surface area contributed by atoms with Crippen LogP contribution in [0.15, 0.2) is 34.9 Å². The Morgan fingerprint density at radius 1 is 1.20 bits per heavy atom. The molecule has 1 saturated heterocycles. The van der Waals surface area contributed by atoms with Crippen LogP contribution in [0.1, 0.15) is 25.7 Å². The first-order valence-electron chi connectivity index (χ1n) is 8.37. The summed E-state index contributed by atoms with van der Waals surface area (Å²) in [5.74, 6) is 0.706. The zero-order valence-electron chi connectivity index (χ0n) is 14.4. The number of likely N-dealkylation sites (tertiary alicyclic amines) is 1. The molecule has 2 aromatic rings. The maximum absolute atomic E-state index is 12.1. The van der Waals surface area contributed by atoms with Crippen molar-refractivity contribution in [1.82, 2.24) is 15.2 Å². The van der Waals surface area contributed by atoms with Crippen LogP contribution in [0, 0.1) is 6.92 Å². The molecular weight excluding hydrogens is 320 g/mol. The number of aromatic nitrogens is 1. The van der Waals surface area contributed by atoms with Crippen molar-refractivity contribution < 1.29 is 14.0 Å². The summed E-state index contributed by atoms with van der Waals surface area (Å²) in [6.45, 7) is 4.74. The van der Waals surface area contributed by atoms with Gasteiger partial charge >= 0.3 is 6.03 Å². The lowest BCUT2D eigenvalue weighted by molar-refractivity contribution is -0.129. The van der Waals surface area contributed by atoms with Gasteiger partial charge in [0.25, 0.3) is 0 Å². The number of hydrogen-bond acceptors (Lipinski definition) is 4. The average Bonchev–Trinajstić information content (AvgIpc) is 3.02. The fraction of sp³-hybridized carbons (Fsp3) is 0.389. The number of urea groups is 1. The molecule has 0 bridgehead atoms. The fourth-order valence-electron chi connectivity index (χ4n) is 2.91. The highest BCUT2D eigenvalue weighted by Gasteiger charge is 2.21. The highest BCUT2D eigenvalue weighted by Crippen LogP contribution is 2.20. The van der Waals surface area contributed by atoms with Gasteiger partial charge in [-0.15, -0.1) is 0 Å². The number of amides is 3. The van der Waals surface area contributed by atoms with Gasteiger partial charge in [0.2, 0.25) is 5.91 Å². The Labute approximate surface area is 146 Å². The fourth-order valence-corrected chi connectivity index (χ4v) is 2.91. The summed E-state index contributed by atoms with van der Waals surface area (Å²) in [5.41, 5.74) is 2.41. The van der Waals surface area contributed by atoms with Crippen molar-refractivity contribution in [3.05, 3.63) is 36.4 Å². The third-order valence-corrected chi connectivity index (χ3v) is 4.33. The molecule has 7 nitrogen and oxygen atoms in total. The lowest BCUT2D eigenvalue weighted by Crippen LogP contribution is -2.47. The van der Waals surface area contributed by atoms with E-state index < -0.39 is 0 Å². The number of piperidine rings is 1. The number of benzene rings is 1. The predicted molar refractivity (Wildman–Crippen MR) is 94.1 cm³/mol. The van der Waals surface area contributed by atoms with Gasteiger partial charge < -0.3 is 20.0 Å². The first-order chi connectivity index (χ1) is 12.0. The van der Waals surface area contributed by atoms with Crippen molar-refractivity contribution in [2.75, 3.05) is 18.4 Å². The van der Waals surface area contributed by atoms with Gasteiger partial charge in [0.1, 0.15) is 12.0 Å². The van der Waals surface area contributed by atoms with Crippen LogP contribution in [-0.4, -0.2) is 41.0 Å². The van der Waals surface area contributed by atoms with E-state index in [1.807, 2.05) is 24.3 Å². The maximum Gasteiger partial charge on any atom is 0.319 e. The van der Waals surface area contributed by atoms with Crippen LogP contribution in [0.4, 0.5) is 10.5 Å². The Bertz CT molecular complexity index is 746. The maximum atomic E-state index is 12.1. The molecule has 0 saturated carbocycles. The zero-order valence-corrected chi connectivity index (χ0v) is 14.4. The minimum absolute atomic E-state index is 0.0882. The number of hydrogen-bond donors (Lipinski definition) is 2. The molecule has 2 N–H and O–H groups in total. The Morgan fingerprint density at radius 3 is 2.44 bits per heavy atom. The number of nitrogens with one attached hydrogen (secondary N) is 2. The highest BCUT2D eigenvalue weighted by atomic mass is 16.3. The van der Waals surface area contributed by atoms with Gasteiger partial charge in [0.05, 0.1) is 0 Å². The van der Waals surface area contributed by atoms with Crippen LogP contribution in [0.25, 0.3) is 11.3 Å². The molecule has 1 fully saturated rings. The van der Waals surface area contributed by atoms with E-state index >= 15 is 0 Å². The molecule has 1 aliphatic rings. The van der Waals surface area contributed by atoms with Crippen molar-refractivity contribution in [2.45, 2.75) is 32.7 Å². The Balaban J connectivity index is 1.51. The van der Waals surface area contributed by atoms with Crippen molar-refractivity contribution in [3.8, 4) is 11.3 Å². The minimum Gasteiger partial charge on any atom is -0.449 e. The summed E-state index contributed by atoms with van der Waals surface area (Å²) in [5, 5.41) is 5.79. The molecule has 25 heavy (non-hydrogen) atoms. The molecule has 132 valence electrons. The van der Waals surface area contributed by atoms with E-state index in [0.29, 0.717) is 24.7 Å². The zero-order chi connectivity index (χ0) is 17.8. The monoisotopic (exact) mass is 342 g/mol. The summed E-state index contributed by atoms with van der Waals surface area (Å²) in [7, 11) is 0. The van der Waals surface area contributed by atoms with E-state index in [9.17, 15) is 9.59 Å². The predicted octanol–water partition coefficient (Wildman–Crippen LogP) is 2.78. The van der Waals surface area contributed by atoms with Crippen molar-refractivity contribution in [1.29, 1.82) is 0 Å². The van der Waals surface area contributed by atoms with E-state index in [-0.39, 0.29) is 18.0 Å². The van der Waals surface area contributed by atoms with Gasteiger partial charge in [0, 0.05) is 44.2 Å². The first kappa shape index (κ1) is 17.0. The highest BCUT2D eigenvalue weighted by molar-refractivity contribution is 5.89. The van der Waals surface area contributed by atoms with E-state index in [1.54, 1.807) is 25.0 Å². The quantitative estimate of drug-likeness (QED) is 0.898. The van der Waals surface area contributed by atoms with Crippen molar-refractivity contribution in [3.63, 3.8) is 0 Å². The molecule has 3 amide bonds. The SMILES string of the molecule is CC(=O)N1CCC(NC(=O)Nc2ccc(-c3coc(C)n3)cc2)CC1. The van der Waals surface area contributed by atoms with E-state index in [2.05, 4.69) is 15.6 Å². The number of carbonyl (C=O) groups is 2. The lowest BCUT2D eigenvalue weighted by atomic mass is 10.1. The smallest absolute Gasteiger partial charge is 0.319 e. The number of aryl methyl sites for hydroxylation is 1. The molecule has 0 radical (unpaired) electrons. The summed E-state index contributed by atoms with van der Waals surface area (Å²) >= 11 is 0. The normalized spacial score (nSPS) is 15.0. The van der Waals surface area contributed by atoms with Gasteiger partial charge in [-0.25, -0.2) is 9.78 Å². The average molecular weight is 342 g/mol. The lowest BCUT2D eigenvalue weighted by Gasteiger charge is -2.31. The minimum atomic E-state index is -0.230. The number of oxazole rings is 1. The standard InChI is InChI=1S/C18H22N4O3/c1-12-19-17(11-25-12)14-3-5-15(6-4-14)20-18(24)21-16-7-9-22(10-8-16)13(2)23/h3-6,11,16H,7-10H2,1-2H3,(H2,20,21,24). The van der Waals surface area contributed by atoms with Crippen molar-refractivity contribution in [2.24, 2.45) is 0 Å². The number of carbonyl (C=O) groups excluding carboxylic acids is 2. The van der Waals surface area contributed by atoms with E-state index in [4.69, 9.17) is 4.42 Å². The summed E-state index contributed by atoms with van der Waals surface area (Å²) in [6.07, 6.45) is 3.16. The number of nitrogens with zero attached hydrogens (tertiary/aromatic N) is 2. The summed E-state index contributed by atoms with van der Waals surface area (Å²) in [4.78, 5) is 29.5. The molecule has 0 atom stereocenters. The van der Waals surface area contributed by atoms with Gasteiger partial charge in [-0.05, 0) is 25.0 Å². The Hall–Kier alpha value is -2.83. The summed E-state index contributed by atoms with van der Waals surface area (Å²) < 4.78 is 5.21. The molecule has 0 unspecified atom stereocenters. The topological polar surface area (TPSA) is 87.5 Å². The third-order valence-electron chi connectivity index (χ3n) is 4.33. The summed E-state index contributed by atoms with van der Waals surface area (Å²) in [6, 6.07) is 7.30. The third kappa shape index (κ3) is 4.37. The van der Waals surface area contributed by atoms with Crippen molar-refractivity contribution >= 4 is 17.6 Å². The molecular formula is C18H22N4O3. The van der Waals surface area contributed by atoms with Crippen LogP contribution in [-0.2, 0) is 4.79 Å². The van der Waals surface area contributed by atoms with Gasteiger partial charge in [-0.1, -0.05) is 12.1 Å². The molecule has 1 aliphatic heterocycles. The Morgan fingerprint density at radius 2 is 1.88 bits per heavy atom. The Kier molecular flexibility index (Phi) is 5.02. The molecule has 0 spiro atoms. The molecule has 0 aliphatic carbocycles. The second-order valence-corrected chi connectivity index (χ2v) is 6.21. The number of rotatable bonds is 3. The second-order valence-electron chi connectivity index (χ2n) is 6.21. The van der Waals surface area contributed by atoms with Crippen LogP contribution >= 0.6 is 0 Å². The molecule has 3 rings (SSSR count). The number of anilines is 1. The van der Waals surface area contributed by atoms with Crippen LogP contribution < -0.4 is 10.6 Å². The second kappa shape index (κ2) is 7.38. The van der Waals surface area contributed by atoms with Gasteiger partial charge in [0.15, 0.2) is 5.89 Å². The molecule has 7 heteroatoms. The first-order valence-corrected chi connectivity index (χ1v) is 8.37. The largest absolute Gasteiger partial charge is 0.449 e. The van der Waals surface area contributed by atoms with Gasteiger partial charge in [-0.2, -0.15) is 0 Å². The molecule has 1 aromatic heterocycles. The van der Waals surface area contributed by atoms with Crippen LogP contribution in [0.3, 0.4) is 0 Å².